The molecule has 2 rings (SSSR count). The average Bonchev–Trinajstić information content (AvgIpc) is 2.52. The van der Waals surface area contributed by atoms with Gasteiger partial charge in [0.1, 0.15) is 16.4 Å². The zero-order chi connectivity index (χ0) is 16.7. The Morgan fingerprint density at radius 2 is 1.70 bits per heavy atom. The molecule has 5 heteroatoms. The van der Waals surface area contributed by atoms with Gasteiger partial charge in [-0.3, -0.25) is 4.55 Å². The van der Waals surface area contributed by atoms with E-state index in [4.69, 9.17) is 4.74 Å². The third kappa shape index (κ3) is 5.08. The molecule has 0 aliphatic carbocycles. The van der Waals surface area contributed by atoms with Gasteiger partial charge in [0.2, 0.25) is 0 Å². The van der Waals surface area contributed by atoms with E-state index in [1.807, 2.05) is 18.2 Å². The van der Waals surface area contributed by atoms with Gasteiger partial charge in [-0.1, -0.05) is 50.5 Å². The summed E-state index contributed by atoms with van der Waals surface area (Å²) in [4.78, 5) is -0.0672. The Bertz CT molecular complexity index is 724. The molecule has 0 bridgehead atoms. The lowest BCUT2D eigenvalue weighted by atomic mass is 10.1. The second kappa shape index (κ2) is 8.13. The molecule has 0 aliphatic heterocycles. The number of rotatable bonds is 8. The van der Waals surface area contributed by atoms with Gasteiger partial charge in [-0.2, -0.15) is 8.42 Å². The van der Waals surface area contributed by atoms with Crippen LogP contribution in [0.4, 0.5) is 0 Å². The molecule has 0 aliphatic rings. The maximum atomic E-state index is 11.6. The van der Waals surface area contributed by atoms with Gasteiger partial charge in [0.05, 0.1) is 0 Å². The molecule has 2 aromatic carbocycles. The van der Waals surface area contributed by atoms with Gasteiger partial charge < -0.3 is 4.74 Å². The van der Waals surface area contributed by atoms with Crippen LogP contribution in [0, 0.1) is 0 Å². The molecule has 23 heavy (non-hydrogen) atoms. The minimum absolute atomic E-state index is 0.0672. The monoisotopic (exact) mass is 334 g/mol. The summed E-state index contributed by atoms with van der Waals surface area (Å²) in [5.74, 6) is 1.11. The summed E-state index contributed by atoms with van der Waals surface area (Å²) in [6, 6.07) is 13.9. The van der Waals surface area contributed by atoms with Crippen molar-refractivity contribution in [2.75, 3.05) is 0 Å². The number of ether oxygens (including phenoxy) is 1. The highest BCUT2D eigenvalue weighted by atomic mass is 32.2. The Morgan fingerprint density at radius 1 is 0.957 bits per heavy atom. The first-order valence-corrected chi connectivity index (χ1v) is 9.28. The normalized spacial score (nSPS) is 11.4. The third-order valence-electron chi connectivity index (χ3n) is 3.62. The quantitative estimate of drug-likeness (QED) is 0.554. The SMILES string of the molecule is CCCCCCc1c(Oc2ccccc2)cccc1S(=O)(=O)O. The topological polar surface area (TPSA) is 63.6 Å². The van der Waals surface area contributed by atoms with Crippen LogP contribution in [0.25, 0.3) is 0 Å². The zero-order valence-corrected chi connectivity index (χ0v) is 14.1. The fourth-order valence-electron chi connectivity index (χ4n) is 2.47. The van der Waals surface area contributed by atoms with E-state index in [0.29, 0.717) is 23.5 Å². The summed E-state index contributed by atoms with van der Waals surface area (Å²) in [7, 11) is -4.27. The Labute approximate surface area is 137 Å². The van der Waals surface area contributed by atoms with Crippen molar-refractivity contribution in [2.24, 2.45) is 0 Å². The molecule has 4 nitrogen and oxygen atoms in total. The van der Waals surface area contributed by atoms with Gasteiger partial charge in [0.25, 0.3) is 10.1 Å². The van der Waals surface area contributed by atoms with Crippen molar-refractivity contribution in [1.82, 2.24) is 0 Å². The van der Waals surface area contributed by atoms with Crippen molar-refractivity contribution in [1.29, 1.82) is 0 Å². The van der Waals surface area contributed by atoms with E-state index in [9.17, 15) is 13.0 Å². The second-order valence-corrected chi connectivity index (χ2v) is 6.82. The number of hydrogen-bond donors (Lipinski definition) is 1. The van der Waals surface area contributed by atoms with Crippen LogP contribution in [0.1, 0.15) is 38.2 Å². The fraction of sp³-hybridized carbons (Fsp3) is 0.333. The number of para-hydroxylation sites is 1. The molecule has 0 spiro atoms. The molecule has 0 fully saturated rings. The van der Waals surface area contributed by atoms with E-state index in [2.05, 4.69) is 6.92 Å². The first kappa shape index (κ1) is 17.5. The van der Waals surface area contributed by atoms with Crippen LogP contribution in [0.5, 0.6) is 11.5 Å². The summed E-state index contributed by atoms with van der Waals surface area (Å²) in [6.45, 7) is 2.12. The van der Waals surface area contributed by atoms with Crippen LogP contribution in [0.3, 0.4) is 0 Å². The molecule has 0 heterocycles. The van der Waals surface area contributed by atoms with E-state index in [0.717, 1.165) is 25.7 Å². The molecule has 0 atom stereocenters. The molecule has 124 valence electrons. The minimum Gasteiger partial charge on any atom is -0.457 e. The van der Waals surface area contributed by atoms with Crippen molar-refractivity contribution < 1.29 is 17.7 Å². The molecule has 0 saturated heterocycles. The van der Waals surface area contributed by atoms with E-state index < -0.39 is 10.1 Å². The lowest BCUT2D eigenvalue weighted by Gasteiger charge is -2.14. The largest absolute Gasteiger partial charge is 0.457 e. The smallest absolute Gasteiger partial charge is 0.294 e. The molecule has 0 radical (unpaired) electrons. The van der Waals surface area contributed by atoms with Crippen LogP contribution < -0.4 is 4.74 Å². The maximum absolute atomic E-state index is 11.6. The lowest BCUT2D eigenvalue weighted by molar-refractivity contribution is 0.462. The molecular weight excluding hydrogens is 312 g/mol. The third-order valence-corrected chi connectivity index (χ3v) is 4.56. The van der Waals surface area contributed by atoms with Crippen molar-refractivity contribution in [3.05, 3.63) is 54.1 Å². The van der Waals surface area contributed by atoms with Crippen LogP contribution in [-0.4, -0.2) is 13.0 Å². The first-order valence-electron chi connectivity index (χ1n) is 7.84. The Kier molecular flexibility index (Phi) is 6.19. The highest BCUT2D eigenvalue weighted by molar-refractivity contribution is 7.85. The van der Waals surface area contributed by atoms with Gasteiger partial charge in [-0.05, 0) is 37.1 Å². The maximum Gasteiger partial charge on any atom is 0.294 e. The summed E-state index contributed by atoms with van der Waals surface area (Å²) < 4.78 is 38.6. The standard InChI is InChI=1S/C18H22O4S/c1-2-3-4-8-12-16-17(22-15-10-6-5-7-11-15)13-9-14-18(16)23(19,20)21/h5-7,9-11,13-14H,2-4,8,12H2,1H3,(H,19,20,21). The van der Waals surface area contributed by atoms with Crippen molar-refractivity contribution >= 4 is 10.1 Å². The predicted octanol–water partition coefficient (Wildman–Crippen LogP) is 4.85. The van der Waals surface area contributed by atoms with Crippen molar-refractivity contribution in [3.63, 3.8) is 0 Å². The molecule has 0 amide bonds. The molecule has 0 saturated carbocycles. The number of hydrogen-bond acceptors (Lipinski definition) is 3. The average molecular weight is 334 g/mol. The van der Waals surface area contributed by atoms with E-state index in [1.165, 1.54) is 6.07 Å². The summed E-state index contributed by atoms with van der Waals surface area (Å²) >= 11 is 0. The van der Waals surface area contributed by atoms with Gasteiger partial charge >= 0.3 is 0 Å². The van der Waals surface area contributed by atoms with E-state index in [-0.39, 0.29) is 4.90 Å². The van der Waals surface area contributed by atoms with E-state index >= 15 is 0 Å². The summed E-state index contributed by atoms with van der Waals surface area (Å²) in [5.41, 5.74) is 0.537. The van der Waals surface area contributed by atoms with Crippen LogP contribution >= 0.6 is 0 Å². The molecule has 0 aromatic heterocycles. The Hall–Kier alpha value is -1.85. The van der Waals surface area contributed by atoms with E-state index in [1.54, 1.807) is 24.3 Å². The second-order valence-electron chi connectivity index (χ2n) is 5.43. The molecular formula is C18H22O4S. The highest BCUT2D eigenvalue weighted by Gasteiger charge is 2.19. The fourth-order valence-corrected chi connectivity index (χ4v) is 3.24. The van der Waals surface area contributed by atoms with Crippen molar-refractivity contribution in [3.8, 4) is 11.5 Å². The van der Waals surface area contributed by atoms with Gasteiger partial charge in [-0.15, -0.1) is 0 Å². The Balaban J connectivity index is 2.32. The summed E-state index contributed by atoms with van der Waals surface area (Å²) in [6.07, 6.45) is 4.63. The van der Waals surface area contributed by atoms with Gasteiger partial charge in [0.15, 0.2) is 0 Å². The number of unbranched alkanes of at least 4 members (excludes halogenated alkanes) is 3. The van der Waals surface area contributed by atoms with Crippen LogP contribution in [0.15, 0.2) is 53.4 Å². The molecule has 0 unspecified atom stereocenters. The zero-order valence-electron chi connectivity index (χ0n) is 13.2. The highest BCUT2D eigenvalue weighted by Crippen LogP contribution is 2.31. The van der Waals surface area contributed by atoms with Crippen LogP contribution in [-0.2, 0) is 16.5 Å². The minimum atomic E-state index is -4.27. The first-order chi connectivity index (χ1) is 11.0. The predicted molar refractivity (Wildman–Crippen MR) is 90.6 cm³/mol. The lowest BCUT2D eigenvalue weighted by Crippen LogP contribution is -2.05. The van der Waals surface area contributed by atoms with Crippen LogP contribution in [0.2, 0.25) is 0 Å². The number of benzene rings is 2. The van der Waals surface area contributed by atoms with Gasteiger partial charge in [-0.25, -0.2) is 0 Å². The van der Waals surface area contributed by atoms with Gasteiger partial charge in [0, 0.05) is 5.56 Å². The molecule has 2 aromatic rings. The molecule has 1 N–H and O–H groups in total. The van der Waals surface area contributed by atoms with Crippen molar-refractivity contribution in [2.45, 2.75) is 43.9 Å². The summed E-state index contributed by atoms with van der Waals surface area (Å²) in [5, 5.41) is 0. The Morgan fingerprint density at radius 3 is 2.35 bits per heavy atom.